The van der Waals surface area contributed by atoms with Gasteiger partial charge in [0.05, 0.1) is 11.1 Å². The lowest BCUT2D eigenvalue weighted by Gasteiger charge is -2.26. The summed E-state index contributed by atoms with van der Waals surface area (Å²) in [5.41, 5.74) is -1.96. The standard InChI is InChI=1S/C14H8F10O7S/c15-8(16)7(12(17,18)19)30-9(25)5-1-3-6(4-2-5)10(26)31-11(13(20,21)22)14(23,24)32(27,28)29/h1-4,7-8,11H,(H,27,28,29). The molecule has 0 fully saturated rings. The second-order valence-electron chi connectivity index (χ2n) is 5.64. The zero-order valence-corrected chi connectivity index (χ0v) is 15.4. The van der Waals surface area contributed by atoms with Crippen LogP contribution in [-0.4, -0.2) is 61.1 Å². The van der Waals surface area contributed by atoms with Gasteiger partial charge in [0.1, 0.15) is 0 Å². The van der Waals surface area contributed by atoms with Crippen LogP contribution in [0.2, 0.25) is 0 Å². The lowest BCUT2D eigenvalue weighted by atomic mass is 10.1. The molecule has 0 aliphatic rings. The summed E-state index contributed by atoms with van der Waals surface area (Å²) in [5, 5.41) is -6.02. The molecule has 7 nitrogen and oxygen atoms in total. The van der Waals surface area contributed by atoms with Crippen molar-refractivity contribution in [2.75, 3.05) is 0 Å². The summed E-state index contributed by atoms with van der Waals surface area (Å²) in [4.78, 5) is 23.2. The molecule has 1 aromatic carbocycles. The van der Waals surface area contributed by atoms with Crippen molar-refractivity contribution in [1.82, 2.24) is 0 Å². The molecule has 1 aromatic rings. The van der Waals surface area contributed by atoms with E-state index >= 15 is 0 Å². The minimum absolute atomic E-state index is 0.350. The van der Waals surface area contributed by atoms with Gasteiger partial charge in [-0.2, -0.15) is 43.5 Å². The third-order valence-corrected chi connectivity index (χ3v) is 4.22. The van der Waals surface area contributed by atoms with Crippen molar-refractivity contribution in [2.45, 2.75) is 36.2 Å². The van der Waals surface area contributed by atoms with Crippen molar-refractivity contribution < 1.29 is 75.9 Å². The predicted octanol–water partition coefficient (Wildman–Crippen LogP) is 3.61. The molecular formula is C14H8F10O7S. The number of carbonyl (C=O) groups is 2. The maximum absolute atomic E-state index is 13.4. The number of hydrogen-bond donors (Lipinski definition) is 1. The highest BCUT2D eigenvalue weighted by molar-refractivity contribution is 7.86. The predicted molar refractivity (Wildman–Crippen MR) is 79.5 cm³/mol. The Hall–Kier alpha value is -2.63. The van der Waals surface area contributed by atoms with Crippen molar-refractivity contribution in [2.24, 2.45) is 0 Å². The molecular weight excluding hydrogens is 502 g/mol. The number of halogens is 10. The van der Waals surface area contributed by atoms with E-state index in [9.17, 15) is 61.9 Å². The van der Waals surface area contributed by atoms with Crippen LogP contribution in [0.4, 0.5) is 43.9 Å². The zero-order chi connectivity index (χ0) is 25.3. The van der Waals surface area contributed by atoms with Crippen LogP contribution in [0.15, 0.2) is 24.3 Å². The normalized spacial score (nSPS) is 15.2. The Bertz CT molecular complexity index is 938. The Morgan fingerprint density at radius 1 is 0.781 bits per heavy atom. The van der Waals surface area contributed by atoms with Gasteiger partial charge in [0.2, 0.25) is 0 Å². The van der Waals surface area contributed by atoms with Gasteiger partial charge in [-0.3, -0.25) is 4.55 Å². The molecule has 0 bridgehead atoms. The molecule has 182 valence electrons. The van der Waals surface area contributed by atoms with E-state index < -0.39 is 69.4 Å². The molecule has 18 heteroatoms. The quantitative estimate of drug-likeness (QED) is 0.339. The molecule has 0 aliphatic carbocycles. The summed E-state index contributed by atoms with van der Waals surface area (Å²) in [6, 6.07) is 1.48. The highest BCUT2D eigenvalue weighted by Crippen LogP contribution is 2.38. The van der Waals surface area contributed by atoms with Crippen LogP contribution in [0.1, 0.15) is 20.7 Å². The van der Waals surface area contributed by atoms with Crippen LogP contribution in [0.3, 0.4) is 0 Å². The Morgan fingerprint density at radius 3 is 1.44 bits per heavy atom. The number of esters is 2. The SMILES string of the molecule is O=C(OC(C(F)F)C(F)(F)F)c1ccc(C(=O)OC(C(F)(F)F)C(F)(F)S(=O)(=O)O)cc1. The monoisotopic (exact) mass is 510 g/mol. The minimum Gasteiger partial charge on any atom is -0.443 e. The minimum atomic E-state index is -6.71. The van der Waals surface area contributed by atoms with E-state index in [-0.39, 0.29) is 0 Å². The molecule has 32 heavy (non-hydrogen) atoms. The summed E-state index contributed by atoms with van der Waals surface area (Å²) in [6.45, 7) is 0. The first-order chi connectivity index (χ1) is 14.2. The van der Waals surface area contributed by atoms with Gasteiger partial charge in [0.25, 0.3) is 18.6 Å². The van der Waals surface area contributed by atoms with E-state index in [1.54, 1.807) is 0 Å². The number of benzene rings is 1. The summed E-state index contributed by atoms with van der Waals surface area (Å²) >= 11 is 0. The van der Waals surface area contributed by atoms with E-state index in [2.05, 4.69) is 9.47 Å². The van der Waals surface area contributed by atoms with E-state index in [4.69, 9.17) is 4.55 Å². The van der Waals surface area contributed by atoms with Gasteiger partial charge >= 0.3 is 39.7 Å². The van der Waals surface area contributed by atoms with Crippen LogP contribution >= 0.6 is 0 Å². The largest absolute Gasteiger partial charge is 0.443 e. The molecule has 1 N–H and O–H groups in total. The molecule has 0 radical (unpaired) electrons. The van der Waals surface area contributed by atoms with Gasteiger partial charge in [-0.25, -0.2) is 18.4 Å². The van der Waals surface area contributed by atoms with Crippen LogP contribution in [-0.2, 0) is 19.6 Å². The summed E-state index contributed by atoms with van der Waals surface area (Å²) in [6.07, 6.45) is -24.5. The van der Waals surface area contributed by atoms with E-state index in [0.29, 0.717) is 24.3 Å². The third-order valence-electron chi connectivity index (χ3n) is 3.31. The maximum atomic E-state index is 13.4. The van der Waals surface area contributed by atoms with Gasteiger partial charge in [0.15, 0.2) is 0 Å². The van der Waals surface area contributed by atoms with E-state index in [0.717, 1.165) is 0 Å². The first-order valence-electron chi connectivity index (χ1n) is 7.48. The second-order valence-corrected chi connectivity index (χ2v) is 7.14. The molecule has 1 rings (SSSR count). The number of ether oxygens (including phenoxy) is 2. The Morgan fingerprint density at radius 2 is 1.16 bits per heavy atom. The molecule has 2 unspecified atom stereocenters. The van der Waals surface area contributed by atoms with Crippen molar-refractivity contribution in [3.63, 3.8) is 0 Å². The van der Waals surface area contributed by atoms with Crippen molar-refractivity contribution in [3.05, 3.63) is 35.4 Å². The van der Waals surface area contributed by atoms with Crippen molar-refractivity contribution >= 4 is 22.1 Å². The summed E-state index contributed by atoms with van der Waals surface area (Å²) in [5.74, 6) is -4.24. The van der Waals surface area contributed by atoms with Gasteiger partial charge < -0.3 is 9.47 Å². The van der Waals surface area contributed by atoms with Crippen molar-refractivity contribution in [3.8, 4) is 0 Å². The highest BCUT2D eigenvalue weighted by atomic mass is 32.2. The smallest absolute Gasteiger partial charge is 0.432 e. The van der Waals surface area contributed by atoms with E-state index in [1.807, 2.05) is 0 Å². The fourth-order valence-corrected chi connectivity index (χ4v) is 2.28. The molecule has 0 aliphatic heterocycles. The molecule has 2 atom stereocenters. The third kappa shape index (κ3) is 6.44. The number of carbonyl (C=O) groups excluding carboxylic acids is 2. The molecule has 0 aromatic heterocycles. The zero-order valence-electron chi connectivity index (χ0n) is 14.6. The fraction of sp³-hybridized carbons (Fsp3) is 0.429. The number of rotatable bonds is 7. The van der Waals surface area contributed by atoms with Gasteiger partial charge in [-0.05, 0) is 24.3 Å². The van der Waals surface area contributed by atoms with Crippen molar-refractivity contribution in [1.29, 1.82) is 0 Å². The maximum Gasteiger partial charge on any atom is 0.432 e. The van der Waals surface area contributed by atoms with Crippen LogP contribution in [0.5, 0.6) is 0 Å². The lowest BCUT2D eigenvalue weighted by molar-refractivity contribution is -0.248. The molecule has 0 spiro atoms. The van der Waals surface area contributed by atoms with Crippen LogP contribution in [0.25, 0.3) is 0 Å². The fourth-order valence-electron chi connectivity index (χ4n) is 1.82. The average molecular weight is 510 g/mol. The highest BCUT2D eigenvalue weighted by Gasteiger charge is 2.66. The van der Waals surface area contributed by atoms with Gasteiger partial charge in [-0.15, -0.1) is 0 Å². The number of alkyl halides is 10. The topological polar surface area (TPSA) is 107 Å². The van der Waals surface area contributed by atoms with Gasteiger partial charge in [-0.1, -0.05) is 0 Å². The molecule has 0 amide bonds. The first-order valence-corrected chi connectivity index (χ1v) is 8.92. The second kappa shape index (κ2) is 9.08. The molecule has 0 saturated carbocycles. The first kappa shape index (κ1) is 27.4. The Balaban J connectivity index is 3.09. The Labute approximate surface area is 170 Å². The summed E-state index contributed by atoms with van der Waals surface area (Å²) in [7, 11) is -6.71. The Kier molecular flexibility index (Phi) is 7.78. The van der Waals surface area contributed by atoms with E-state index in [1.165, 1.54) is 0 Å². The molecule has 0 heterocycles. The number of hydrogen-bond acceptors (Lipinski definition) is 6. The van der Waals surface area contributed by atoms with Crippen LogP contribution in [0, 0.1) is 0 Å². The summed E-state index contributed by atoms with van der Waals surface area (Å²) < 4.78 is 163. The van der Waals surface area contributed by atoms with Crippen LogP contribution < -0.4 is 0 Å². The average Bonchev–Trinajstić information content (AvgIpc) is 2.60. The molecule has 0 saturated heterocycles. The lowest BCUT2D eigenvalue weighted by Crippen LogP contribution is -2.52. The van der Waals surface area contributed by atoms with Gasteiger partial charge in [0, 0.05) is 0 Å².